The Labute approximate surface area is 247 Å². The molecule has 0 radical (unpaired) electrons. The van der Waals surface area contributed by atoms with E-state index in [4.69, 9.17) is 9.47 Å². The smallest absolute Gasteiger partial charge is 0.303 e. The Bertz CT molecular complexity index is 905. The summed E-state index contributed by atoms with van der Waals surface area (Å²) >= 11 is 0. The molecule has 6 aliphatic rings. The number of carbonyl (C=O) groups is 1. The average Bonchev–Trinajstić information content (AvgIpc) is 3.48. The number of aliphatic hydroxyl groups excluding tert-OH is 1. The molecule has 1 N–H and O–H groups in total. The molecule has 0 aromatic carbocycles. The van der Waals surface area contributed by atoms with E-state index in [2.05, 4.69) is 31.4 Å². The predicted octanol–water partition coefficient (Wildman–Crippen LogP) is 1.41. The van der Waals surface area contributed by atoms with Gasteiger partial charge in [0.25, 0.3) is 0 Å². The molecule has 6 fully saturated rings. The minimum Gasteiger partial charge on any atom is -1.00 e. The number of esters is 1. The van der Waals surface area contributed by atoms with Crippen LogP contribution in [0.1, 0.15) is 78.6 Å². The third-order valence-electron chi connectivity index (χ3n) is 13.1. The lowest BCUT2D eigenvalue weighted by Gasteiger charge is -2.62. The zero-order valence-corrected chi connectivity index (χ0v) is 26.2. The van der Waals surface area contributed by atoms with Gasteiger partial charge in [-0.05, 0) is 73.7 Å². The second-order valence-electron chi connectivity index (χ2n) is 14.6. The fourth-order valence-corrected chi connectivity index (χ4v) is 11.3. The summed E-state index contributed by atoms with van der Waals surface area (Å²) in [4.78, 5) is 15.0. The molecule has 0 aromatic rings. The van der Waals surface area contributed by atoms with Gasteiger partial charge in [-0.3, -0.25) is 9.69 Å². The summed E-state index contributed by atoms with van der Waals surface area (Å²) in [5, 5.41) is 11.3. The molecular formula is C32H53BrN2O4. The summed E-state index contributed by atoms with van der Waals surface area (Å²) in [6, 6.07) is 0.663. The lowest BCUT2D eigenvalue weighted by atomic mass is 9.44. The SMILES string of the molecule is C=CC[N+]1([C@H]2CC3C4CCC5CC(O)[C@@H](N6CCOCC6)C[C@]5(C)C4CC[C@]3(C)[C@H]2OC(C)=O)CCCC1.[Br-]. The van der Waals surface area contributed by atoms with Gasteiger partial charge in [0.05, 0.1) is 39.0 Å². The van der Waals surface area contributed by atoms with Crippen LogP contribution in [0.4, 0.5) is 0 Å². The number of likely N-dealkylation sites (tertiary alicyclic amines) is 1. The molecule has 2 aliphatic heterocycles. The van der Waals surface area contributed by atoms with E-state index in [0.717, 1.165) is 56.6 Å². The van der Waals surface area contributed by atoms with Crippen molar-refractivity contribution in [2.24, 2.45) is 34.5 Å². The normalized spacial score (nSPS) is 47.3. The van der Waals surface area contributed by atoms with Crippen LogP contribution >= 0.6 is 0 Å². The Morgan fingerprint density at radius 1 is 1.10 bits per heavy atom. The zero-order valence-electron chi connectivity index (χ0n) is 24.7. The van der Waals surface area contributed by atoms with Gasteiger partial charge in [0.15, 0.2) is 6.10 Å². The molecule has 4 saturated carbocycles. The topological polar surface area (TPSA) is 59.0 Å². The highest BCUT2D eigenvalue weighted by molar-refractivity contribution is 5.66. The molecule has 7 heteroatoms. The molecule has 4 aliphatic carbocycles. The van der Waals surface area contributed by atoms with Gasteiger partial charge >= 0.3 is 5.97 Å². The minimum absolute atomic E-state index is 0. The maximum absolute atomic E-state index is 12.5. The van der Waals surface area contributed by atoms with Gasteiger partial charge in [-0.2, -0.15) is 0 Å². The van der Waals surface area contributed by atoms with Crippen molar-refractivity contribution in [1.82, 2.24) is 4.90 Å². The fraction of sp³-hybridized carbons (Fsp3) is 0.906. The lowest BCUT2D eigenvalue weighted by molar-refractivity contribution is -0.937. The summed E-state index contributed by atoms with van der Waals surface area (Å²) in [6.45, 7) is 17.7. The van der Waals surface area contributed by atoms with Crippen molar-refractivity contribution < 1.29 is 40.8 Å². The Balaban J connectivity index is 0.00000308. The van der Waals surface area contributed by atoms with E-state index >= 15 is 0 Å². The van der Waals surface area contributed by atoms with Crippen LogP contribution in [-0.2, 0) is 14.3 Å². The van der Waals surface area contributed by atoms with Crippen LogP contribution in [0.25, 0.3) is 0 Å². The highest BCUT2D eigenvalue weighted by Gasteiger charge is 2.67. The van der Waals surface area contributed by atoms with Crippen molar-refractivity contribution in [2.75, 3.05) is 45.9 Å². The third-order valence-corrected chi connectivity index (χ3v) is 13.1. The number of ether oxygens (including phenoxy) is 2. The monoisotopic (exact) mass is 608 g/mol. The maximum Gasteiger partial charge on any atom is 0.303 e. The molecule has 6 nitrogen and oxygen atoms in total. The number of carbonyl (C=O) groups excluding carboxylic acids is 1. The highest BCUT2D eigenvalue weighted by atomic mass is 79.9. The molecule has 6 rings (SSSR count). The quantitative estimate of drug-likeness (QED) is 0.291. The van der Waals surface area contributed by atoms with Crippen LogP contribution in [0.15, 0.2) is 12.7 Å². The molecule has 10 atom stereocenters. The molecular weight excluding hydrogens is 556 g/mol. The number of hydrogen-bond acceptors (Lipinski definition) is 5. The van der Waals surface area contributed by atoms with E-state index in [1.807, 2.05) is 0 Å². The van der Waals surface area contributed by atoms with Gasteiger partial charge < -0.3 is 36.0 Å². The van der Waals surface area contributed by atoms with Crippen LogP contribution in [0, 0.1) is 34.5 Å². The van der Waals surface area contributed by atoms with Crippen molar-refractivity contribution in [3.63, 3.8) is 0 Å². The van der Waals surface area contributed by atoms with Crippen molar-refractivity contribution in [1.29, 1.82) is 0 Å². The van der Waals surface area contributed by atoms with Crippen LogP contribution < -0.4 is 17.0 Å². The van der Waals surface area contributed by atoms with Crippen LogP contribution in [0.5, 0.6) is 0 Å². The summed E-state index contributed by atoms with van der Waals surface area (Å²) in [6.07, 6.45) is 12.7. The van der Waals surface area contributed by atoms with E-state index in [1.165, 1.54) is 51.6 Å². The van der Waals surface area contributed by atoms with Crippen molar-refractivity contribution >= 4 is 5.97 Å². The summed E-state index contributed by atoms with van der Waals surface area (Å²) in [5.41, 5.74) is 0.343. The Morgan fingerprint density at radius 3 is 2.49 bits per heavy atom. The molecule has 0 bridgehead atoms. The molecule has 5 unspecified atom stereocenters. The van der Waals surface area contributed by atoms with Crippen molar-refractivity contribution in [2.45, 2.75) is 103 Å². The first-order chi connectivity index (χ1) is 18.2. The van der Waals surface area contributed by atoms with Gasteiger partial charge in [-0.1, -0.05) is 20.4 Å². The van der Waals surface area contributed by atoms with E-state index in [0.29, 0.717) is 29.7 Å². The first-order valence-electron chi connectivity index (χ1n) is 15.9. The first-order valence-corrected chi connectivity index (χ1v) is 15.9. The first kappa shape index (κ1) is 30.0. The van der Waals surface area contributed by atoms with Crippen molar-refractivity contribution in [3.05, 3.63) is 12.7 Å². The third kappa shape index (κ3) is 4.88. The minimum atomic E-state index is -0.209. The number of aliphatic hydroxyl groups is 1. The van der Waals surface area contributed by atoms with Crippen LogP contribution in [-0.4, -0.2) is 90.7 Å². The van der Waals surface area contributed by atoms with Crippen molar-refractivity contribution in [3.8, 4) is 0 Å². The number of nitrogens with zero attached hydrogens (tertiary/aromatic N) is 2. The number of quaternary nitrogens is 1. The lowest BCUT2D eigenvalue weighted by Crippen LogP contribution is -3.00. The number of hydrogen-bond donors (Lipinski definition) is 1. The van der Waals surface area contributed by atoms with Gasteiger partial charge in [-0.15, -0.1) is 0 Å². The van der Waals surface area contributed by atoms with Gasteiger partial charge in [0, 0.05) is 50.7 Å². The number of morpholine rings is 1. The molecule has 2 heterocycles. The van der Waals surface area contributed by atoms with E-state index < -0.39 is 0 Å². The zero-order chi connectivity index (χ0) is 26.7. The molecule has 222 valence electrons. The van der Waals surface area contributed by atoms with Gasteiger partial charge in [0.2, 0.25) is 0 Å². The van der Waals surface area contributed by atoms with Crippen LogP contribution in [0.3, 0.4) is 0 Å². The summed E-state index contributed by atoms with van der Waals surface area (Å²) in [5.74, 6) is 2.54. The largest absolute Gasteiger partial charge is 1.00 e. The van der Waals surface area contributed by atoms with E-state index in [9.17, 15) is 9.90 Å². The number of fused-ring (bicyclic) bond motifs is 5. The van der Waals surface area contributed by atoms with E-state index in [1.54, 1.807) is 6.92 Å². The Kier molecular flexibility index (Phi) is 8.70. The molecule has 2 saturated heterocycles. The number of halogens is 1. The standard InChI is InChI=1S/C32H53N2O4.BrH/c1-5-14-34(15-6-7-16-34)28-20-26-24-9-8-23-19-29(36)27(33-12-17-37-18-13-33)21-32(23,4)25(24)10-11-31(26,3)30(28)38-22(2)35;/h5,23-30,36H,1,6-21H2,2-4H3;1H/q+1;/p-1/t23?,24?,25?,26?,27-,28-,29?,30-,31-,32-;/m0./s1. The van der Waals surface area contributed by atoms with Gasteiger partial charge in [0.1, 0.15) is 6.04 Å². The average molecular weight is 610 g/mol. The fourth-order valence-electron chi connectivity index (χ4n) is 11.3. The van der Waals surface area contributed by atoms with Crippen LogP contribution in [0.2, 0.25) is 0 Å². The predicted molar refractivity (Wildman–Crippen MR) is 148 cm³/mol. The second kappa shape index (κ2) is 11.3. The maximum atomic E-state index is 12.5. The summed E-state index contributed by atoms with van der Waals surface area (Å²) in [7, 11) is 0. The highest BCUT2D eigenvalue weighted by Crippen LogP contribution is 2.67. The molecule has 0 spiro atoms. The molecule has 39 heavy (non-hydrogen) atoms. The Hall–Kier alpha value is -0.470. The summed E-state index contributed by atoms with van der Waals surface area (Å²) < 4.78 is 13.1. The number of rotatable bonds is 5. The van der Waals surface area contributed by atoms with E-state index in [-0.39, 0.29) is 52.0 Å². The molecule has 0 aromatic heterocycles. The molecule has 0 amide bonds. The van der Waals surface area contributed by atoms with Gasteiger partial charge in [-0.25, -0.2) is 0 Å². The Morgan fingerprint density at radius 2 is 1.82 bits per heavy atom. The second-order valence-corrected chi connectivity index (χ2v) is 14.6.